The number of aliphatic hydroxyl groups excluding tert-OH is 2. The van der Waals surface area contributed by atoms with E-state index in [0.29, 0.717) is 0 Å². The van der Waals surface area contributed by atoms with Crippen molar-refractivity contribution in [3.8, 4) is 0 Å². The van der Waals surface area contributed by atoms with E-state index in [1.807, 2.05) is 0 Å². The first-order valence-electron chi connectivity index (χ1n) is 10.3. The Bertz CT molecular complexity index is 797. The summed E-state index contributed by atoms with van der Waals surface area (Å²) >= 11 is 0. The third-order valence-electron chi connectivity index (χ3n) is 3.80. The normalized spacial score (nSPS) is 11.1. The number of carbonyl (C=O) groups is 2. The fraction of sp³-hybridized carbons (Fsp3) is 0.600. The molecule has 1 rings (SSSR count). The number of carbonyl (C=O) groups excluding carboxylic acids is 2. The van der Waals surface area contributed by atoms with Crippen LogP contribution in [-0.2, 0) is 38.5 Å². The minimum Gasteiger partial charge on any atom is -0.744 e. The van der Waals surface area contributed by atoms with Gasteiger partial charge in [0.25, 0.3) is 0 Å². The molecule has 0 amide bonds. The molecule has 0 fully saturated rings. The molecule has 0 unspecified atom stereocenters. The fourth-order valence-electron chi connectivity index (χ4n) is 2.31. The van der Waals surface area contributed by atoms with Crippen LogP contribution < -0.4 is 29.6 Å². The largest absolute Gasteiger partial charge is 1.00 e. The molecule has 1 aromatic rings. The van der Waals surface area contributed by atoms with E-state index < -0.39 is 27.0 Å². The van der Waals surface area contributed by atoms with Crippen molar-refractivity contribution in [1.82, 2.24) is 0 Å². The molecule has 0 heterocycles. The molecule has 1 aromatic carbocycles. The van der Waals surface area contributed by atoms with Gasteiger partial charge in [0, 0.05) is 0 Å². The van der Waals surface area contributed by atoms with Gasteiger partial charge < -0.3 is 43.2 Å². The molecule has 35 heavy (non-hydrogen) atoms. The summed E-state index contributed by atoms with van der Waals surface area (Å²) in [5.41, 5.74) is -0.653. The number of esters is 2. The zero-order chi connectivity index (χ0) is 25.2. The number of benzene rings is 1. The molecule has 0 atom stereocenters. The minimum absolute atomic E-state index is 0. The van der Waals surface area contributed by atoms with Gasteiger partial charge in [0.05, 0.1) is 82.1 Å². The summed E-state index contributed by atoms with van der Waals surface area (Å²) < 4.78 is 64.6. The third kappa shape index (κ3) is 15.5. The Labute approximate surface area is 225 Å². The number of rotatable bonds is 19. The number of hydrogen-bond donors (Lipinski definition) is 2. The monoisotopic (exact) mass is 532 g/mol. The summed E-state index contributed by atoms with van der Waals surface area (Å²) in [6.45, 7) is 0.720. The van der Waals surface area contributed by atoms with E-state index in [2.05, 4.69) is 0 Å². The zero-order valence-corrected chi connectivity index (χ0v) is 22.3. The van der Waals surface area contributed by atoms with Crippen LogP contribution in [0.1, 0.15) is 20.7 Å². The molecule has 0 bridgehead atoms. The van der Waals surface area contributed by atoms with Gasteiger partial charge in [-0.05, 0) is 18.2 Å². The van der Waals surface area contributed by atoms with Crippen LogP contribution in [0.3, 0.4) is 0 Å². The maximum absolute atomic E-state index is 12.3. The number of hydrogen-bond acceptors (Lipinski definition) is 13. The predicted molar refractivity (Wildman–Crippen MR) is 112 cm³/mol. The maximum Gasteiger partial charge on any atom is 1.00 e. The van der Waals surface area contributed by atoms with Crippen LogP contribution in [0.2, 0.25) is 0 Å². The van der Waals surface area contributed by atoms with Crippen molar-refractivity contribution in [3.05, 3.63) is 29.3 Å². The molecule has 194 valence electrons. The fourth-order valence-corrected chi connectivity index (χ4v) is 2.85. The molecule has 13 nitrogen and oxygen atoms in total. The molecular formula is C20H29NaO13S. The SMILES string of the molecule is O=C(OCCOCCOCCO)c1cc(C(=O)OCCOCCOCCO)cc(S(=O)(=O)[O-])c1.[Na+]. The van der Waals surface area contributed by atoms with Crippen LogP contribution in [0.25, 0.3) is 0 Å². The van der Waals surface area contributed by atoms with Crippen molar-refractivity contribution in [2.45, 2.75) is 4.90 Å². The molecule has 0 aromatic heterocycles. The van der Waals surface area contributed by atoms with Gasteiger partial charge in [-0.1, -0.05) is 0 Å². The van der Waals surface area contributed by atoms with E-state index in [1.54, 1.807) is 0 Å². The summed E-state index contributed by atoms with van der Waals surface area (Å²) in [5, 5.41) is 17.1. The summed E-state index contributed by atoms with van der Waals surface area (Å²) in [5.74, 6) is -1.93. The smallest absolute Gasteiger partial charge is 0.744 e. The first-order chi connectivity index (χ1) is 16.3. The van der Waals surface area contributed by atoms with Crippen LogP contribution in [-0.4, -0.2) is 114 Å². The van der Waals surface area contributed by atoms with Gasteiger partial charge in [-0.25, -0.2) is 18.0 Å². The van der Waals surface area contributed by atoms with E-state index in [4.69, 9.17) is 38.6 Å². The Kier molecular flexibility index (Phi) is 19.3. The topological polar surface area (TPSA) is 187 Å². The van der Waals surface area contributed by atoms with E-state index >= 15 is 0 Å². The number of ether oxygens (including phenoxy) is 6. The standard InChI is InChI=1S/C20H30O13S.Na/c21-1-3-28-5-7-30-9-11-32-19(23)16-13-17(15-18(14-16)34(25,26)27)20(24)33-12-10-31-8-6-29-4-2-22;/h13-15,21-22H,1-12H2,(H,25,26,27);/q;+1/p-1. The van der Waals surface area contributed by atoms with Gasteiger partial charge in [0.2, 0.25) is 0 Å². The van der Waals surface area contributed by atoms with E-state index in [0.717, 1.165) is 18.2 Å². The quantitative estimate of drug-likeness (QED) is 0.0759. The van der Waals surface area contributed by atoms with E-state index in [-0.39, 0.29) is 120 Å². The second kappa shape index (κ2) is 20.0. The first kappa shape index (κ1) is 33.8. The molecule has 0 aliphatic carbocycles. The van der Waals surface area contributed by atoms with Crippen LogP contribution in [0, 0.1) is 0 Å². The second-order valence-electron chi connectivity index (χ2n) is 6.37. The van der Waals surface area contributed by atoms with Crippen molar-refractivity contribution in [2.24, 2.45) is 0 Å². The van der Waals surface area contributed by atoms with Crippen LogP contribution >= 0.6 is 0 Å². The molecule has 0 radical (unpaired) electrons. The summed E-state index contributed by atoms with van der Waals surface area (Å²) in [4.78, 5) is 23.7. The van der Waals surface area contributed by atoms with Crippen LogP contribution in [0.5, 0.6) is 0 Å². The van der Waals surface area contributed by atoms with Crippen molar-refractivity contribution < 1.29 is 90.8 Å². The zero-order valence-electron chi connectivity index (χ0n) is 19.5. The van der Waals surface area contributed by atoms with Gasteiger partial charge in [0.1, 0.15) is 23.3 Å². The summed E-state index contributed by atoms with van der Waals surface area (Å²) in [7, 11) is -4.97. The van der Waals surface area contributed by atoms with Gasteiger partial charge in [-0.2, -0.15) is 0 Å². The molecular weight excluding hydrogens is 503 g/mol. The van der Waals surface area contributed by atoms with Gasteiger partial charge >= 0.3 is 41.5 Å². The van der Waals surface area contributed by atoms with Gasteiger partial charge in [-0.15, -0.1) is 0 Å². The Balaban J connectivity index is 0.0000116. The maximum atomic E-state index is 12.3. The molecule has 15 heteroatoms. The Morgan fingerprint density at radius 3 is 1.34 bits per heavy atom. The molecule has 0 saturated carbocycles. The van der Waals surface area contributed by atoms with Crippen molar-refractivity contribution >= 4 is 22.1 Å². The Morgan fingerprint density at radius 1 is 0.657 bits per heavy atom. The van der Waals surface area contributed by atoms with Gasteiger partial charge in [0.15, 0.2) is 0 Å². The average molecular weight is 532 g/mol. The molecule has 0 spiro atoms. The van der Waals surface area contributed by atoms with Crippen molar-refractivity contribution in [1.29, 1.82) is 0 Å². The molecule has 2 N–H and O–H groups in total. The van der Waals surface area contributed by atoms with Crippen LogP contribution in [0.4, 0.5) is 0 Å². The van der Waals surface area contributed by atoms with Gasteiger partial charge in [-0.3, -0.25) is 0 Å². The van der Waals surface area contributed by atoms with Crippen molar-refractivity contribution in [3.63, 3.8) is 0 Å². The summed E-state index contributed by atoms with van der Waals surface area (Å²) in [6.07, 6.45) is 0. The molecule has 0 aliphatic heterocycles. The first-order valence-corrected chi connectivity index (χ1v) is 11.7. The van der Waals surface area contributed by atoms with Crippen LogP contribution in [0.15, 0.2) is 23.1 Å². The summed E-state index contributed by atoms with van der Waals surface area (Å²) in [6, 6.07) is 2.66. The van der Waals surface area contributed by atoms with E-state index in [1.165, 1.54) is 0 Å². The number of aliphatic hydroxyl groups is 2. The molecule has 0 aliphatic rings. The predicted octanol–water partition coefficient (Wildman–Crippen LogP) is -4.04. The van der Waals surface area contributed by atoms with Crippen molar-refractivity contribution in [2.75, 3.05) is 79.3 Å². The Morgan fingerprint density at radius 2 is 1.00 bits per heavy atom. The average Bonchev–Trinajstić information content (AvgIpc) is 2.81. The minimum atomic E-state index is -4.97. The Hall–Kier alpha value is -1.17. The molecule has 0 saturated heterocycles. The van der Waals surface area contributed by atoms with E-state index in [9.17, 15) is 22.6 Å². The second-order valence-corrected chi connectivity index (χ2v) is 7.75. The third-order valence-corrected chi connectivity index (χ3v) is 4.62.